The van der Waals surface area contributed by atoms with Crippen molar-refractivity contribution >= 4 is 15.0 Å². The van der Waals surface area contributed by atoms with E-state index in [1.54, 1.807) is 12.4 Å². The quantitative estimate of drug-likeness (QED) is 0.447. The summed E-state index contributed by atoms with van der Waals surface area (Å²) >= 11 is 0.208. The molecule has 0 aliphatic carbocycles. The van der Waals surface area contributed by atoms with Crippen molar-refractivity contribution < 1.29 is 0 Å². The third kappa shape index (κ3) is 0.565. The molecule has 0 N–H and O–H groups in total. The molecule has 3 heteroatoms. The van der Waals surface area contributed by atoms with Crippen LogP contribution in [0.1, 0.15) is 0 Å². The van der Waals surface area contributed by atoms with Gasteiger partial charge in [0.15, 0.2) is 0 Å². The molecule has 1 aromatic heterocycles. The molecule has 0 radical (unpaired) electrons. The zero-order valence-corrected chi connectivity index (χ0v) is 4.17. The molecule has 0 spiro atoms. The van der Waals surface area contributed by atoms with Crippen LogP contribution >= 0.6 is 0 Å². The van der Waals surface area contributed by atoms with E-state index in [1.807, 2.05) is 0 Å². The van der Waals surface area contributed by atoms with Crippen molar-refractivity contribution in [2.24, 2.45) is 0 Å². The van der Waals surface area contributed by atoms with Gasteiger partial charge < -0.3 is 0 Å². The van der Waals surface area contributed by atoms with Crippen molar-refractivity contribution in [3.63, 3.8) is 0 Å². The molecule has 0 atom stereocenters. The third-order valence-electron chi connectivity index (χ3n) is 0.283. The van der Waals surface area contributed by atoms with Crippen molar-refractivity contribution in [3.05, 3.63) is 12.4 Å². The SMILES string of the molecule is c1cn[se]n1. The van der Waals surface area contributed by atoms with Crippen LogP contribution in [-0.4, -0.2) is 22.9 Å². The first-order chi connectivity index (χ1) is 2.50. The fourth-order valence-electron chi connectivity index (χ4n) is 0.136. The Balaban J connectivity index is 3.13. The van der Waals surface area contributed by atoms with Crippen LogP contribution in [-0.2, 0) is 0 Å². The Labute approximate surface area is 36.1 Å². The van der Waals surface area contributed by atoms with Gasteiger partial charge in [0.2, 0.25) is 0 Å². The van der Waals surface area contributed by atoms with Crippen LogP contribution in [0.25, 0.3) is 0 Å². The average molecular weight is 133 g/mol. The summed E-state index contributed by atoms with van der Waals surface area (Å²) in [5.74, 6) is 0. The normalized spacial score (nSPS) is 8.00. The van der Waals surface area contributed by atoms with Gasteiger partial charge in [0.25, 0.3) is 0 Å². The second-order valence-electron chi connectivity index (χ2n) is 0.591. The zero-order chi connectivity index (χ0) is 3.54. The van der Waals surface area contributed by atoms with Crippen LogP contribution in [0.3, 0.4) is 0 Å². The molecule has 0 aromatic carbocycles. The van der Waals surface area contributed by atoms with Crippen LogP contribution < -0.4 is 0 Å². The summed E-state index contributed by atoms with van der Waals surface area (Å²) < 4.78 is 7.60. The van der Waals surface area contributed by atoms with Gasteiger partial charge >= 0.3 is 35.3 Å². The Bertz CT molecular complexity index is 64.1. The monoisotopic (exact) mass is 134 g/mol. The Morgan fingerprint density at radius 3 is 2.00 bits per heavy atom. The van der Waals surface area contributed by atoms with Crippen molar-refractivity contribution in [3.8, 4) is 0 Å². The summed E-state index contributed by atoms with van der Waals surface area (Å²) in [5.41, 5.74) is 0. The van der Waals surface area contributed by atoms with Crippen molar-refractivity contribution in [1.29, 1.82) is 0 Å². The number of nitrogens with zero attached hydrogens (tertiary/aromatic N) is 2. The maximum absolute atomic E-state index is 3.80. The van der Waals surface area contributed by atoms with Crippen LogP contribution in [0, 0.1) is 0 Å². The van der Waals surface area contributed by atoms with Crippen LogP contribution in [0.15, 0.2) is 12.4 Å². The summed E-state index contributed by atoms with van der Waals surface area (Å²) in [4.78, 5) is 0. The van der Waals surface area contributed by atoms with E-state index in [2.05, 4.69) is 7.96 Å². The molecule has 0 aliphatic rings. The summed E-state index contributed by atoms with van der Waals surface area (Å²) in [5, 5.41) is 0. The molecule has 0 saturated heterocycles. The van der Waals surface area contributed by atoms with Gasteiger partial charge in [0.1, 0.15) is 0 Å². The molecular weight excluding hydrogens is 131 g/mol. The van der Waals surface area contributed by atoms with E-state index in [1.165, 1.54) is 0 Å². The molecule has 1 heterocycles. The van der Waals surface area contributed by atoms with Gasteiger partial charge in [-0.1, -0.05) is 0 Å². The van der Waals surface area contributed by atoms with Crippen molar-refractivity contribution in [2.75, 3.05) is 0 Å². The van der Waals surface area contributed by atoms with E-state index >= 15 is 0 Å². The molecule has 0 bridgehead atoms. The van der Waals surface area contributed by atoms with Crippen molar-refractivity contribution in [1.82, 2.24) is 7.96 Å². The molecular formula is C2H2N2Se. The molecule has 0 aliphatic heterocycles. The van der Waals surface area contributed by atoms with Crippen LogP contribution in [0.5, 0.6) is 0 Å². The van der Waals surface area contributed by atoms with Gasteiger partial charge in [0.05, 0.1) is 0 Å². The minimum absolute atomic E-state index is 0.208. The molecule has 0 amide bonds. The first-order valence-corrected chi connectivity index (χ1v) is 2.75. The Morgan fingerprint density at radius 2 is 1.80 bits per heavy atom. The Hall–Kier alpha value is -0.141. The fourth-order valence-corrected chi connectivity index (χ4v) is 0.707. The zero-order valence-electron chi connectivity index (χ0n) is 2.46. The van der Waals surface area contributed by atoms with E-state index in [0.29, 0.717) is 0 Å². The predicted molar refractivity (Wildman–Crippen MR) is 19.0 cm³/mol. The summed E-state index contributed by atoms with van der Waals surface area (Å²) in [6, 6.07) is 0. The number of hydrogen-bond donors (Lipinski definition) is 0. The average Bonchev–Trinajstić information content (AvgIpc) is 1.76. The maximum atomic E-state index is 3.80. The fraction of sp³-hybridized carbons (Fsp3) is 0. The van der Waals surface area contributed by atoms with Gasteiger partial charge in [-0.15, -0.1) is 0 Å². The van der Waals surface area contributed by atoms with Gasteiger partial charge in [-0.05, 0) is 0 Å². The van der Waals surface area contributed by atoms with E-state index < -0.39 is 0 Å². The molecule has 2 nitrogen and oxygen atoms in total. The Morgan fingerprint density at radius 1 is 1.20 bits per heavy atom. The molecule has 5 heavy (non-hydrogen) atoms. The first kappa shape index (κ1) is 3.07. The summed E-state index contributed by atoms with van der Waals surface area (Å²) in [6.45, 7) is 0. The van der Waals surface area contributed by atoms with Gasteiger partial charge in [-0.2, -0.15) is 0 Å². The van der Waals surface area contributed by atoms with Crippen LogP contribution in [0.2, 0.25) is 0 Å². The topological polar surface area (TPSA) is 25.8 Å². The van der Waals surface area contributed by atoms with E-state index in [4.69, 9.17) is 0 Å². The molecule has 26 valence electrons. The molecule has 0 fully saturated rings. The molecule has 1 aromatic rings. The third-order valence-corrected chi connectivity index (χ3v) is 1.19. The van der Waals surface area contributed by atoms with Gasteiger partial charge in [-0.3, -0.25) is 0 Å². The minimum atomic E-state index is 0.208. The second kappa shape index (κ2) is 1.34. The molecule has 1 rings (SSSR count). The number of rotatable bonds is 0. The Kier molecular flexibility index (Phi) is 0.819. The summed E-state index contributed by atoms with van der Waals surface area (Å²) in [7, 11) is 0. The number of aromatic nitrogens is 2. The molecule has 0 unspecified atom stereocenters. The first-order valence-electron chi connectivity index (χ1n) is 1.21. The van der Waals surface area contributed by atoms with E-state index in [9.17, 15) is 0 Å². The van der Waals surface area contributed by atoms with Crippen LogP contribution in [0.4, 0.5) is 0 Å². The molecule has 0 saturated carbocycles. The van der Waals surface area contributed by atoms with E-state index in [-0.39, 0.29) is 15.0 Å². The van der Waals surface area contributed by atoms with Gasteiger partial charge in [0, 0.05) is 0 Å². The second-order valence-corrected chi connectivity index (χ2v) is 1.82. The number of hydrogen-bond acceptors (Lipinski definition) is 2. The summed E-state index contributed by atoms with van der Waals surface area (Å²) in [6.07, 6.45) is 3.44. The van der Waals surface area contributed by atoms with E-state index in [0.717, 1.165) is 0 Å². The standard InChI is InChI=1S/C2H2N2Se/c1-2-4-5-3-1/h1-2H. The predicted octanol–water partition coefficient (Wildman–Crippen LogP) is -0.466. The van der Waals surface area contributed by atoms with Crippen molar-refractivity contribution in [2.45, 2.75) is 0 Å². The van der Waals surface area contributed by atoms with Gasteiger partial charge in [-0.25, -0.2) is 0 Å².